The summed E-state index contributed by atoms with van der Waals surface area (Å²) in [5.41, 5.74) is 0. The zero-order chi connectivity index (χ0) is 8.69. The lowest BCUT2D eigenvalue weighted by molar-refractivity contribution is -0.784. The molecule has 0 amide bonds. The van der Waals surface area contributed by atoms with Crippen LogP contribution in [0.15, 0.2) is 0 Å². The molecule has 11 heavy (non-hydrogen) atoms. The van der Waals surface area contributed by atoms with Gasteiger partial charge in [0.2, 0.25) is 12.0 Å². The van der Waals surface area contributed by atoms with Gasteiger partial charge in [0.25, 0.3) is 0 Å². The largest absolute Gasteiger partial charge is 0.239 e. The third-order valence-corrected chi connectivity index (χ3v) is 1.45. The molecule has 0 aromatic rings. The Hall–Kier alpha value is -0.600. The van der Waals surface area contributed by atoms with E-state index in [-0.39, 0.29) is 0 Å². The Bertz CT molecular complexity index is 113. The Balaban J connectivity index is 2.97. The van der Waals surface area contributed by atoms with E-state index < -0.39 is 0 Å². The minimum absolute atomic E-state index is 0.509. The second kappa shape index (κ2) is 6.13. The lowest BCUT2D eigenvalue weighted by atomic mass is 10.1. The van der Waals surface area contributed by atoms with Crippen molar-refractivity contribution in [1.82, 2.24) is 0 Å². The number of rotatable bonds is 6. The molecule has 0 N–H and O–H groups in total. The second-order valence-corrected chi connectivity index (χ2v) is 3.16. The topological polar surface area (TPSA) is 29.3 Å². The first-order valence-electron chi connectivity index (χ1n) is 4.16. The maximum absolute atomic E-state index is 10.2. The van der Waals surface area contributed by atoms with Gasteiger partial charge in [0.15, 0.2) is 6.61 Å². The molecule has 0 unspecified atom stereocenters. The average molecular weight is 160 g/mol. The molecular weight excluding hydrogens is 142 g/mol. The van der Waals surface area contributed by atoms with Crippen LogP contribution in [0.5, 0.6) is 0 Å². The maximum atomic E-state index is 10.2. The van der Waals surface area contributed by atoms with E-state index in [1.807, 2.05) is 0 Å². The lowest BCUT2D eigenvalue weighted by Gasteiger charge is -2.01. The Morgan fingerprint density at radius 3 is 2.45 bits per heavy atom. The quantitative estimate of drug-likeness (QED) is 0.440. The van der Waals surface area contributed by atoms with Crippen LogP contribution in [0.25, 0.3) is 0 Å². The third kappa shape index (κ3) is 9.40. The van der Waals surface area contributed by atoms with Gasteiger partial charge in [0.05, 0.1) is 4.91 Å². The summed E-state index contributed by atoms with van der Waals surface area (Å²) < 4.78 is 0. The molecule has 0 aromatic carbocycles. The van der Waals surface area contributed by atoms with Gasteiger partial charge in [-0.25, -0.2) is 4.84 Å². The van der Waals surface area contributed by atoms with E-state index in [9.17, 15) is 4.91 Å². The summed E-state index contributed by atoms with van der Waals surface area (Å²) in [6.07, 6.45) is 3.34. The van der Waals surface area contributed by atoms with Crippen molar-refractivity contribution in [3.8, 4) is 0 Å². The van der Waals surface area contributed by atoms with Crippen molar-refractivity contribution in [2.75, 3.05) is 13.7 Å². The average Bonchev–Trinajstić information content (AvgIpc) is 1.85. The predicted molar refractivity (Wildman–Crippen MR) is 44.2 cm³/mol. The van der Waals surface area contributed by atoms with E-state index in [1.165, 1.54) is 13.5 Å². The molecule has 0 bridgehead atoms. The van der Waals surface area contributed by atoms with Crippen molar-refractivity contribution in [1.29, 1.82) is 0 Å². The number of hydrogen-bond acceptors (Lipinski definition) is 2. The summed E-state index contributed by atoms with van der Waals surface area (Å²) in [4.78, 5) is 15.4. The minimum atomic E-state index is 0.509. The molecule has 0 atom stereocenters. The summed E-state index contributed by atoms with van der Waals surface area (Å²) in [7, 11) is 1.36. The van der Waals surface area contributed by atoms with Crippen molar-refractivity contribution in [3.63, 3.8) is 0 Å². The van der Waals surface area contributed by atoms with Gasteiger partial charge in [-0.15, -0.1) is 0 Å². The van der Waals surface area contributed by atoms with Crippen LogP contribution in [0.2, 0.25) is 0 Å². The van der Waals surface area contributed by atoms with Crippen molar-refractivity contribution < 1.29 is 9.76 Å². The van der Waals surface area contributed by atoms with E-state index in [0.717, 1.165) is 18.8 Å². The van der Waals surface area contributed by atoms with Gasteiger partial charge in [-0.3, -0.25) is 0 Å². The zero-order valence-electron chi connectivity index (χ0n) is 7.67. The molecule has 0 saturated carbocycles. The highest BCUT2D eigenvalue weighted by atomic mass is 16.8. The van der Waals surface area contributed by atoms with E-state index in [1.54, 1.807) is 0 Å². The first kappa shape index (κ1) is 10.4. The molecule has 0 fully saturated rings. The molecule has 0 aliphatic carbocycles. The Labute approximate surface area is 68.3 Å². The number of nitrogens with zero attached hydrogens (tertiary/aromatic N) is 1. The van der Waals surface area contributed by atoms with E-state index >= 15 is 0 Å². The van der Waals surface area contributed by atoms with Gasteiger partial charge in [0, 0.05) is 0 Å². The Morgan fingerprint density at radius 2 is 2.00 bits per heavy atom. The van der Waals surface area contributed by atoms with Crippen LogP contribution < -0.4 is 0 Å². The van der Waals surface area contributed by atoms with Crippen LogP contribution in [0.4, 0.5) is 0 Å². The fraction of sp³-hybridized carbons (Fsp3) is 1.00. The molecule has 0 spiro atoms. The van der Waals surface area contributed by atoms with Gasteiger partial charge in [-0.2, -0.15) is 0 Å². The summed E-state index contributed by atoms with van der Waals surface area (Å²) in [6, 6.07) is 0. The van der Waals surface area contributed by atoms with E-state index in [0.29, 0.717) is 11.5 Å². The molecule has 0 saturated heterocycles. The molecule has 3 nitrogen and oxygen atoms in total. The highest BCUT2D eigenvalue weighted by Gasteiger charge is 1.98. The summed E-state index contributed by atoms with van der Waals surface area (Å²) in [5.74, 6) is 0.750. The third-order valence-electron chi connectivity index (χ3n) is 1.45. The van der Waals surface area contributed by atoms with E-state index in [4.69, 9.17) is 4.84 Å². The first-order valence-corrected chi connectivity index (χ1v) is 4.16. The normalized spacial score (nSPS) is 10.2. The molecule has 0 heterocycles. The van der Waals surface area contributed by atoms with Crippen molar-refractivity contribution in [2.45, 2.75) is 33.1 Å². The monoisotopic (exact) mass is 160 g/mol. The summed E-state index contributed by atoms with van der Waals surface area (Å²) in [6.45, 7) is 4.94. The lowest BCUT2D eigenvalue weighted by Crippen LogP contribution is -2.04. The van der Waals surface area contributed by atoms with Crippen LogP contribution in [-0.2, 0) is 4.84 Å². The minimum Gasteiger partial charge on any atom is -0.232 e. The number of unbranched alkanes of at least 4 members (excludes halogenated alkanes) is 1. The smallest absolute Gasteiger partial charge is 0.232 e. The summed E-state index contributed by atoms with van der Waals surface area (Å²) >= 11 is 0. The number of hydrogen-bond donors (Lipinski definition) is 0. The fourth-order valence-electron chi connectivity index (χ4n) is 0.848. The molecule has 66 valence electrons. The highest BCUT2D eigenvalue weighted by molar-refractivity contribution is 4.44. The molecule has 0 aromatic heterocycles. The second-order valence-electron chi connectivity index (χ2n) is 3.16. The van der Waals surface area contributed by atoms with Gasteiger partial charge in [0.1, 0.15) is 0 Å². The van der Waals surface area contributed by atoms with Crippen LogP contribution in [0, 0.1) is 10.8 Å². The predicted octanol–water partition coefficient (Wildman–Crippen LogP) is 2.15. The van der Waals surface area contributed by atoms with Crippen molar-refractivity contribution >= 4 is 0 Å². The Kier molecular flexibility index (Phi) is 5.80. The van der Waals surface area contributed by atoms with Gasteiger partial charge >= 0.3 is 0 Å². The first-order chi connectivity index (χ1) is 5.13. The van der Waals surface area contributed by atoms with Gasteiger partial charge < -0.3 is 0 Å². The SMILES string of the molecule is CC(C)CCCCO[N+](C)=O. The molecule has 0 radical (unpaired) electrons. The standard InChI is InChI=1S/C8H18NO2/c1-8(2)6-4-5-7-11-9(3)10/h8H,4-7H2,1-3H3/q+1. The molecule has 0 rings (SSSR count). The Morgan fingerprint density at radius 1 is 1.36 bits per heavy atom. The molecule has 0 aliphatic rings. The maximum Gasteiger partial charge on any atom is 0.239 e. The molecule has 0 aliphatic heterocycles. The van der Waals surface area contributed by atoms with Gasteiger partial charge in [-0.05, 0) is 18.8 Å². The van der Waals surface area contributed by atoms with Crippen LogP contribution in [0.1, 0.15) is 33.1 Å². The van der Waals surface area contributed by atoms with E-state index in [2.05, 4.69) is 13.8 Å². The zero-order valence-corrected chi connectivity index (χ0v) is 7.67. The molecule has 3 heteroatoms. The van der Waals surface area contributed by atoms with Gasteiger partial charge in [-0.1, -0.05) is 20.3 Å². The van der Waals surface area contributed by atoms with Crippen LogP contribution >= 0.6 is 0 Å². The van der Waals surface area contributed by atoms with Crippen LogP contribution in [-0.4, -0.2) is 18.6 Å². The summed E-state index contributed by atoms with van der Waals surface area (Å²) in [5, 5.41) is 0. The molecular formula is C8H18NO2+. The van der Waals surface area contributed by atoms with Crippen molar-refractivity contribution in [3.05, 3.63) is 4.91 Å². The highest BCUT2D eigenvalue weighted by Crippen LogP contribution is 2.05. The van der Waals surface area contributed by atoms with Crippen molar-refractivity contribution in [2.24, 2.45) is 5.92 Å². The van der Waals surface area contributed by atoms with Crippen LogP contribution in [0.3, 0.4) is 0 Å². The fourth-order valence-corrected chi connectivity index (χ4v) is 0.848.